The minimum Gasteiger partial charge on any atom is -0.497 e. The summed E-state index contributed by atoms with van der Waals surface area (Å²) in [6.07, 6.45) is 4.82. The van der Waals surface area contributed by atoms with Crippen molar-refractivity contribution in [3.05, 3.63) is 53.8 Å². The van der Waals surface area contributed by atoms with Gasteiger partial charge in [-0.25, -0.2) is 8.42 Å². The van der Waals surface area contributed by atoms with Crippen molar-refractivity contribution < 1.29 is 22.7 Å². The van der Waals surface area contributed by atoms with Crippen LogP contribution >= 0.6 is 0 Å². The fourth-order valence-corrected chi connectivity index (χ4v) is 4.77. The van der Waals surface area contributed by atoms with Gasteiger partial charge in [0.05, 0.1) is 37.7 Å². The van der Waals surface area contributed by atoms with E-state index in [-0.39, 0.29) is 24.2 Å². The van der Waals surface area contributed by atoms with E-state index in [4.69, 9.17) is 9.47 Å². The van der Waals surface area contributed by atoms with Crippen molar-refractivity contribution in [2.45, 2.75) is 6.04 Å². The van der Waals surface area contributed by atoms with Crippen molar-refractivity contribution in [2.75, 3.05) is 52.3 Å². The predicted molar refractivity (Wildman–Crippen MR) is 116 cm³/mol. The Balaban J connectivity index is 1.46. The Morgan fingerprint density at radius 1 is 1.19 bits per heavy atom. The minimum absolute atomic E-state index is 0.00387. The van der Waals surface area contributed by atoms with Gasteiger partial charge in [-0.15, -0.1) is 4.40 Å². The Hall–Kier alpha value is -2.69. The number of ether oxygens (including phenoxy) is 2. The molecule has 1 amide bonds. The molecule has 0 aliphatic carbocycles. The molecule has 0 bridgehead atoms. The number of carbonyl (C=O) groups is 1. The summed E-state index contributed by atoms with van der Waals surface area (Å²) in [6, 6.07) is 7.87. The van der Waals surface area contributed by atoms with Gasteiger partial charge in [0.15, 0.2) is 0 Å². The molecular weight excluding hydrogens is 420 g/mol. The van der Waals surface area contributed by atoms with E-state index in [1.165, 1.54) is 0 Å². The number of amidine groups is 1. The zero-order valence-corrected chi connectivity index (χ0v) is 18.2. The standard InChI is InChI=1S/C21H26N4O5S/c1-29-18-5-2-16(3-6-18)19(24-8-11-30-12-9-24)14-22-21(26)17-4-7-20-23-31(27,28)13-10-25(20)15-17/h2-7,15,19H,8-14H2,1H3,(H,22,26)/t19-/m0/s1. The van der Waals surface area contributed by atoms with Crippen LogP contribution in [0.25, 0.3) is 0 Å². The van der Waals surface area contributed by atoms with Crippen LogP contribution in [0, 0.1) is 0 Å². The third-order valence-corrected chi connectivity index (χ3v) is 6.69. The zero-order valence-electron chi connectivity index (χ0n) is 17.4. The molecule has 9 nitrogen and oxygen atoms in total. The molecule has 0 aromatic heterocycles. The van der Waals surface area contributed by atoms with Gasteiger partial charge in [-0.3, -0.25) is 9.69 Å². The van der Waals surface area contributed by atoms with Crippen molar-refractivity contribution in [1.29, 1.82) is 0 Å². The summed E-state index contributed by atoms with van der Waals surface area (Å²) in [7, 11) is -1.79. The number of hydrogen-bond acceptors (Lipinski definition) is 7. The van der Waals surface area contributed by atoms with Crippen LogP contribution in [-0.2, 0) is 19.6 Å². The van der Waals surface area contributed by atoms with E-state index in [2.05, 4.69) is 14.6 Å². The average Bonchev–Trinajstić information content (AvgIpc) is 2.79. The lowest BCUT2D eigenvalue weighted by atomic mass is 10.0. The van der Waals surface area contributed by atoms with Crippen LogP contribution in [0.15, 0.2) is 52.6 Å². The molecule has 0 unspecified atom stereocenters. The van der Waals surface area contributed by atoms with Crippen LogP contribution in [0.5, 0.6) is 5.75 Å². The molecule has 31 heavy (non-hydrogen) atoms. The molecule has 10 heteroatoms. The number of methoxy groups -OCH3 is 1. The summed E-state index contributed by atoms with van der Waals surface area (Å²) in [5, 5.41) is 3.03. The SMILES string of the molecule is COc1ccc([C@H](CNC(=O)C2=CN3CCS(=O)(=O)N=C3C=C2)N2CCOCC2)cc1. The molecule has 0 spiro atoms. The summed E-state index contributed by atoms with van der Waals surface area (Å²) in [5.74, 6) is 0.849. The summed E-state index contributed by atoms with van der Waals surface area (Å²) >= 11 is 0. The van der Waals surface area contributed by atoms with E-state index in [0.29, 0.717) is 31.2 Å². The lowest BCUT2D eigenvalue weighted by Crippen LogP contribution is -2.44. The van der Waals surface area contributed by atoms with Crippen LogP contribution in [0.3, 0.4) is 0 Å². The van der Waals surface area contributed by atoms with E-state index in [1.54, 1.807) is 30.4 Å². The Morgan fingerprint density at radius 3 is 2.65 bits per heavy atom. The van der Waals surface area contributed by atoms with Gasteiger partial charge in [-0.05, 0) is 29.8 Å². The number of fused-ring (bicyclic) bond motifs is 1. The molecule has 3 aliphatic heterocycles. The third-order valence-electron chi connectivity index (χ3n) is 5.53. The van der Waals surface area contributed by atoms with Crippen molar-refractivity contribution in [2.24, 2.45) is 4.40 Å². The van der Waals surface area contributed by atoms with Crippen molar-refractivity contribution in [1.82, 2.24) is 15.1 Å². The molecule has 1 N–H and O–H groups in total. The first kappa shape index (κ1) is 21.5. The topological polar surface area (TPSA) is 101 Å². The normalized spacial score (nSPS) is 21.5. The predicted octanol–water partition coefficient (Wildman–Crippen LogP) is 0.682. The lowest BCUT2D eigenvalue weighted by Gasteiger charge is -2.35. The van der Waals surface area contributed by atoms with E-state index >= 15 is 0 Å². The van der Waals surface area contributed by atoms with Gasteiger partial charge < -0.3 is 19.7 Å². The number of sulfonamides is 1. The number of carbonyl (C=O) groups excluding carboxylic acids is 1. The number of nitrogens with one attached hydrogen (secondary N) is 1. The number of benzene rings is 1. The monoisotopic (exact) mass is 446 g/mol. The Bertz CT molecular complexity index is 1010. The minimum atomic E-state index is -3.42. The molecule has 1 aromatic carbocycles. The number of hydrogen-bond donors (Lipinski definition) is 1. The molecule has 0 radical (unpaired) electrons. The maximum atomic E-state index is 12.8. The Labute approximate surface area is 182 Å². The first-order valence-electron chi connectivity index (χ1n) is 10.2. The van der Waals surface area contributed by atoms with Crippen LogP contribution < -0.4 is 10.1 Å². The summed E-state index contributed by atoms with van der Waals surface area (Å²) < 4.78 is 37.8. The molecule has 1 fully saturated rings. The molecule has 1 saturated heterocycles. The number of nitrogens with zero attached hydrogens (tertiary/aromatic N) is 3. The number of morpholine rings is 1. The highest BCUT2D eigenvalue weighted by molar-refractivity contribution is 7.90. The third kappa shape index (κ3) is 5.15. The van der Waals surface area contributed by atoms with Gasteiger partial charge in [0.1, 0.15) is 11.6 Å². The second-order valence-corrected chi connectivity index (χ2v) is 9.25. The molecule has 0 saturated carbocycles. The molecule has 3 aliphatic rings. The smallest absolute Gasteiger partial charge is 0.256 e. The Kier molecular flexibility index (Phi) is 6.40. The largest absolute Gasteiger partial charge is 0.497 e. The van der Waals surface area contributed by atoms with Gasteiger partial charge >= 0.3 is 0 Å². The summed E-state index contributed by atoms with van der Waals surface area (Å²) in [5.41, 5.74) is 1.56. The van der Waals surface area contributed by atoms with Crippen LogP contribution in [0.1, 0.15) is 11.6 Å². The van der Waals surface area contributed by atoms with Gasteiger partial charge in [0, 0.05) is 32.4 Å². The van der Waals surface area contributed by atoms with Gasteiger partial charge in [0.2, 0.25) is 0 Å². The Morgan fingerprint density at radius 2 is 1.94 bits per heavy atom. The number of rotatable bonds is 6. The molecular formula is C21H26N4O5S. The van der Waals surface area contributed by atoms with Crippen molar-refractivity contribution in [3.8, 4) is 5.75 Å². The maximum Gasteiger partial charge on any atom is 0.256 e. The van der Waals surface area contributed by atoms with Crippen LogP contribution in [0.4, 0.5) is 0 Å². The first-order valence-corrected chi connectivity index (χ1v) is 11.8. The van der Waals surface area contributed by atoms with E-state index in [1.807, 2.05) is 24.3 Å². The van der Waals surface area contributed by atoms with Crippen molar-refractivity contribution >= 4 is 21.8 Å². The quantitative estimate of drug-likeness (QED) is 0.686. The molecule has 166 valence electrons. The fourth-order valence-electron chi connectivity index (χ4n) is 3.80. The molecule has 1 atom stereocenters. The highest BCUT2D eigenvalue weighted by atomic mass is 32.2. The first-order chi connectivity index (χ1) is 14.9. The lowest BCUT2D eigenvalue weighted by molar-refractivity contribution is -0.117. The van der Waals surface area contributed by atoms with E-state index in [9.17, 15) is 13.2 Å². The van der Waals surface area contributed by atoms with E-state index in [0.717, 1.165) is 24.4 Å². The average molecular weight is 447 g/mol. The highest BCUT2D eigenvalue weighted by Gasteiger charge is 2.27. The van der Waals surface area contributed by atoms with Crippen LogP contribution in [0.2, 0.25) is 0 Å². The van der Waals surface area contributed by atoms with Gasteiger partial charge in [0.25, 0.3) is 15.9 Å². The molecule has 1 aromatic rings. The maximum absolute atomic E-state index is 12.8. The summed E-state index contributed by atoms with van der Waals surface area (Å²) in [6.45, 7) is 3.62. The summed E-state index contributed by atoms with van der Waals surface area (Å²) in [4.78, 5) is 16.8. The van der Waals surface area contributed by atoms with E-state index < -0.39 is 10.0 Å². The second kappa shape index (κ2) is 9.21. The zero-order chi connectivity index (χ0) is 21.8. The van der Waals surface area contributed by atoms with Crippen molar-refractivity contribution in [3.63, 3.8) is 0 Å². The van der Waals surface area contributed by atoms with Crippen LogP contribution in [-0.4, -0.2) is 82.2 Å². The molecule has 3 heterocycles. The second-order valence-electron chi connectivity index (χ2n) is 7.49. The van der Waals surface area contributed by atoms with Gasteiger partial charge in [-0.2, -0.15) is 0 Å². The highest BCUT2D eigenvalue weighted by Crippen LogP contribution is 2.24. The van der Waals surface area contributed by atoms with Gasteiger partial charge in [-0.1, -0.05) is 12.1 Å². The number of amides is 1. The fraction of sp³-hybridized carbons (Fsp3) is 0.429. The molecule has 4 rings (SSSR count).